The number of amides is 1. The number of likely N-dealkylation sites (tertiary alicyclic amines) is 1. The van der Waals surface area contributed by atoms with Crippen molar-refractivity contribution in [2.45, 2.75) is 57.5 Å². The Bertz CT molecular complexity index is 554. The van der Waals surface area contributed by atoms with Crippen molar-refractivity contribution < 1.29 is 9.53 Å². The van der Waals surface area contributed by atoms with Crippen LogP contribution in [0.25, 0.3) is 0 Å². The third-order valence-corrected chi connectivity index (χ3v) is 5.55. The van der Waals surface area contributed by atoms with E-state index in [1.807, 2.05) is 43.1 Å². The fraction of sp³-hybridized carbons (Fsp3) is 0.650. The molecule has 0 radical (unpaired) electrons. The Hall–Kier alpha value is -1.55. The molecule has 0 unspecified atom stereocenters. The van der Waals surface area contributed by atoms with Gasteiger partial charge in [0, 0.05) is 19.1 Å². The van der Waals surface area contributed by atoms with Crippen molar-refractivity contribution in [3.63, 3.8) is 0 Å². The summed E-state index contributed by atoms with van der Waals surface area (Å²) < 4.78 is 5.72. The third-order valence-electron chi connectivity index (χ3n) is 5.55. The van der Waals surface area contributed by atoms with Crippen LogP contribution < -0.4 is 4.74 Å². The predicted octanol–water partition coefficient (Wildman–Crippen LogP) is 3.24. The highest BCUT2D eigenvalue weighted by Gasteiger charge is 2.35. The van der Waals surface area contributed by atoms with Gasteiger partial charge in [0.1, 0.15) is 5.75 Å². The molecule has 1 aromatic carbocycles. The van der Waals surface area contributed by atoms with Crippen molar-refractivity contribution in [1.82, 2.24) is 9.80 Å². The molecule has 4 heteroatoms. The molecule has 132 valence electrons. The van der Waals surface area contributed by atoms with Gasteiger partial charge in [-0.05, 0) is 63.4 Å². The van der Waals surface area contributed by atoms with Gasteiger partial charge in [0.2, 0.25) is 0 Å². The fourth-order valence-electron chi connectivity index (χ4n) is 4.18. The highest BCUT2D eigenvalue weighted by molar-refractivity contribution is 5.78. The molecule has 24 heavy (non-hydrogen) atoms. The lowest BCUT2D eigenvalue weighted by molar-refractivity contribution is -0.136. The summed E-state index contributed by atoms with van der Waals surface area (Å²) in [5.41, 5.74) is 1.15. The smallest absolute Gasteiger partial charge is 0.260 e. The van der Waals surface area contributed by atoms with Crippen LogP contribution in [0.3, 0.4) is 0 Å². The third kappa shape index (κ3) is 4.10. The van der Waals surface area contributed by atoms with Crippen LogP contribution in [0.2, 0.25) is 0 Å². The predicted molar refractivity (Wildman–Crippen MR) is 96.3 cm³/mol. The van der Waals surface area contributed by atoms with Crippen molar-refractivity contribution in [1.29, 1.82) is 0 Å². The minimum Gasteiger partial charge on any atom is -0.484 e. The number of ether oxygens (including phenoxy) is 1. The molecule has 1 aliphatic heterocycles. The van der Waals surface area contributed by atoms with Crippen LogP contribution in [0.1, 0.15) is 44.1 Å². The summed E-state index contributed by atoms with van der Waals surface area (Å²) in [5, 5.41) is 0. The summed E-state index contributed by atoms with van der Waals surface area (Å²) >= 11 is 0. The number of hydrogen-bond acceptors (Lipinski definition) is 3. The van der Waals surface area contributed by atoms with E-state index in [0.717, 1.165) is 17.7 Å². The van der Waals surface area contributed by atoms with Crippen molar-refractivity contribution >= 4 is 5.91 Å². The van der Waals surface area contributed by atoms with E-state index in [4.69, 9.17) is 4.74 Å². The van der Waals surface area contributed by atoms with E-state index in [1.165, 1.54) is 45.2 Å². The zero-order valence-corrected chi connectivity index (χ0v) is 15.0. The molecule has 3 rings (SSSR count). The van der Waals surface area contributed by atoms with Gasteiger partial charge in [-0.25, -0.2) is 0 Å². The number of nitrogens with zero attached hydrogens (tertiary/aromatic N) is 2. The molecule has 2 aliphatic rings. The molecule has 0 spiro atoms. The van der Waals surface area contributed by atoms with Gasteiger partial charge in [0.05, 0.1) is 0 Å². The van der Waals surface area contributed by atoms with Gasteiger partial charge in [-0.1, -0.05) is 25.0 Å². The number of hydrogen-bond donors (Lipinski definition) is 0. The van der Waals surface area contributed by atoms with Crippen molar-refractivity contribution in [2.75, 3.05) is 26.7 Å². The number of carbonyl (C=O) groups excluding carboxylic acids is 1. The van der Waals surface area contributed by atoms with Gasteiger partial charge < -0.3 is 9.64 Å². The van der Waals surface area contributed by atoms with Crippen LogP contribution in [-0.2, 0) is 4.79 Å². The van der Waals surface area contributed by atoms with Crippen molar-refractivity contribution in [2.24, 2.45) is 0 Å². The van der Waals surface area contributed by atoms with Crippen LogP contribution in [-0.4, -0.2) is 54.5 Å². The molecule has 4 nitrogen and oxygen atoms in total. The number of rotatable bonds is 5. The number of carbonyl (C=O) groups is 1. The molecule has 2 fully saturated rings. The van der Waals surface area contributed by atoms with E-state index >= 15 is 0 Å². The van der Waals surface area contributed by atoms with E-state index in [1.54, 1.807) is 0 Å². The minimum absolute atomic E-state index is 0.0904. The summed E-state index contributed by atoms with van der Waals surface area (Å²) in [6.45, 7) is 4.55. The second kappa shape index (κ2) is 8.02. The Morgan fingerprint density at radius 1 is 1.21 bits per heavy atom. The molecular formula is C20H30N2O2. The van der Waals surface area contributed by atoms with Crippen LogP contribution in [0.4, 0.5) is 0 Å². The average Bonchev–Trinajstić information content (AvgIpc) is 3.13. The highest BCUT2D eigenvalue weighted by Crippen LogP contribution is 2.29. The lowest BCUT2D eigenvalue weighted by atomic mass is 9.88. The van der Waals surface area contributed by atoms with E-state index in [2.05, 4.69) is 4.90 Å². The highest BCUT2D eigenvalue weighted by atomic mass is 16.5. The SMILES string of the molecule is Cc1cccc(OCC(=O)N(C)[C@@H]2CCCC[C@H]2N2CCCC2)c1. The minimum atomic E-state index is 0.0904. The maximum absolute atomic E-state index is 12.6. The summed E-state index contributed by atoms with van der Waals surface area (Å²) in [7, 11) is 1.96. The second-order valence-electron chi connectivity index (χ2n) is 7.27. The van der Waals surface area contributed by atoms with Crippen LogP contribution in [0.5, 0.6) is 5.75 Å². The summed E-state index contributed by atoms with van der Waals surface area (Å²) in [6.07, 6.45) is 7.47. The average molecular weight is 330 g/mol. The molecule has 0 N–H and O–H groups in total. The van der Waals surface area contributed by atoms with Gasteiger partial charge in [-0.3, -0.25) is 9.69 Å². The Labute approximate surface area is 145 Å². The summed E-state index contributed by atoms with van der Waals surface area (Å²) in [5.74, 6) is 0.865. The Balaban J connectivity index is 1.58. The van der Waals surface area contributed by atoms with E-state index in [0.29, 0.717) is 12.1 Å². The Morgan fingerprint density at radius 3 is 2.71 bits per heavy atom. The topological polar surface area (TPSA) is 32.8 Å². The number of aryl methyl sites for hydroxylation is 1. The molecule has 1 saturated carbocycles. The lowest BCUT2D eigenvalue weighted by Gasteiger charge is -2.42. The van der Waals surface area contributed by atoms with Crippen molar-refractivity contribution in [3.8, 4) is 5.75 Å². The molecule has 1 aliphatic carbocycles. The molecule has 1 saturated heterocycles. The molecule has 1 amide bonds. The van der Waals surface area contributed by atoms with Crippen molar-refractivity contribution in [3.05, 3.63) is 29.8 Å². The van der Waals surface area contributed by atoms with Gasteiger partial charge in [-0.15, -0.1) is 0 Å². The molecule has 2 atom stereocenters. The first-order valence-electron chi connectivity index (χ1n) is 9.34. The molecule has 1 aromatic rings. The number of likely N-dealkylation sites (N-methyl/N-ethyl adjacent to an activating group) is 1. The van der Waals surface area contributed by atoms with Crippen LogP contribution >= 0.6 is 0 Å². The van der Waals surface area contributed by atoms with Gasteiger partial charge in [-0.2, -0.15) is 0 Å². The number of benzene rings is 1. The maximum Gasteiger partial charge on any atom is 0.260 e. The quantitative estimate of drug-likeness (QED) is 0.831. The standard InChI is InChI=1S/C20H30N2O2/c1-16-8-7-9-17(14-16)24-15-20(23)21(2)18-10-3-4-11-19(18)22-12-5-6-13-22/h7-9,14,18-19H,3-6,10-13,15H2,1-2H3/t18-,19-/m1/s1. The first-order chi connectivity index (χ1) is 11.6. The summed E-state index contributed by atoms with van der Waals surface area (Å²) in [4.78, 5) is 17.2. The lowest BCUT2D eigenvalue weighted by Crippen LogP contribution is -2.53. The van der Waals surface area contributed by atoms with Crippen LogP contribution in [0, 0.1) is 6.92 Å². The first-order valence-corrected chi connectivity index (χ1v) is 9.34. The van der Waals surface area contributed by atoms with E-state index < -0.39 is 0 Å². The zero-order chi connectivity index (χ0) is 16.9. The normalized spacial score (nSPS) is 24.8. The van der Waals surface area contributed by atoms with Gasteiger partial charge in [0.25, 0.3) is 5.91 Å². The monoisotopic (exact) mass is 330 g/mol. The molecule has 0 bridgehead atoms. The molecule has 0 aromatic heterocycles. The fourth-order valence-corrected chi connectivity index (χ4v) is 4.18. The van der Waals surface area contributed by atoms with Gasteiger partial charge in [0.15, 0.2) is 6.61 Å². The molecule has 1 heterocycles. The Morgan fingerprint density at radius 2 is 1.96 bits per heavy atom. The first kappa shape index (κ1) is 17.3. The Kier molecular flexibility index (Phi) is 5.77. The summed E-state index contributed by atoms with van der Waals surface area (Å²) in [6, 6.07) is 8.75. The second-order valence-corrected chi connectivity index (χ2v) is 7.27. The zero-order valence-electron chi connectivity index (χ0n) is 15.0. The van der Waals surface area contributed by atoms with Crippen LogP contribution in [0.15, 0.2) is 24.3 Å². The maximum atomic E-state index is 12.6. The van der Waals surface area contributed by atoms with E-state index in [9.17, 15) is 4.79 Å². The largest absolute Gasteiger partial charge is 0.484 e. The van der Waals surface area contributed by atoms with Gasteiger partial charge >= 0.3 is 0 Å². The molecular weight excluding hydrogens is 300 g/mol. The van der Waals surface area contributed by atoms with E-state index in [-0.39, 0.29) is 12.5 Å².